The standard InChI is InChI=1S/C12H13N3O2S/c1-17-9-5-3-8(4-6-9)15-12(18-2)10(7-13)11(14)16/h3-6,15H,1-2H3,(H2,14,16)/b12-10-. The molecule has 1 aromatic carbocycles. The second kappa shape index (κ2) is 6.57. The van der Waals surface area contributed by atoms with Crippen LogP contribution in [-0.4, -0.2) is 19.3 Å². The summed E-state index contributed by atoms with van der Waals surface area (Å²) in [5.41, 5.74) is 5.79. The fraction of sp³-hybridized carbons (Fsp3) is 0.167. The molecule has 1 rings (SSSR count). The van der Waals surface area contributed by atoms with Crippen molar-refractivity contribution in [3.05, 3.63) is 34.9 Å². The van der Waals surface area contributed by atoms with Gasteiger partial charge in [-0.1, -0.05) is 0 Å². The molecule has 0 aliphatic heterocycles. The highest BCUT2D eigenvalue weighted by Gasteiger charge is 2.11. The molecule has 0 aliphatic rings. The molecule has 1 amide bonds. The van der Waals surface area contributed by atoms with E-state index in [1.807, 2.05) is 0 Å². The van der Waals surface area contributed by atoms with Gasteiger partial charge in [-0.05, 0) is 30.5 Å². The number of rotatable bonds is 5. The Labute approximate surface area is 110 Å². The van der Waals surface area contributed by atoms with Crippen molar-refractivity contribution in [2.45, 2.75) is 0 Å². The van der Waals surface area contributed by atoms with E-state index in [4.69, 9.17) is 15.7 Å². The molecule has 5 nitrogen and oxygen atoms in total. The van der Waals surface area contributed by atoms with Gasteiger partial charge in [-0.3, -0.25) is 4.79 Å². The van der Waals surface area contributed by atoms with Gasteiger partial charge in [-0.2, -0.15) is 5.26 Å². The third kappa shape index (κ3) is 3.43. The van der Waals surface area contributed by atoms with Crippen LogP contribution in [0.15, 0.2) is 34.9 Å². The maximum Gasteiger partial charge on any atom is 0.262 e. The van der Waals surface area contributed by atoms with E-state index in [-0.39, 0.29) is 5.57 Å². The van der Waals surface area contributed by atoms with Crippen LogP contribution in [0.2, 0.25) is 0 Å². The summed E-state index contributed by atoms with van der Waals surface area (Å²) in [7, 11) is 1.58. The Bertz CT molecular complexity index is 503. The third-order valence-electron chi connectivity index (χ3n) is 2.14. The Morgan fingerprint density at radius 1 is 1.44 bits per heavy atom. The smallest absolute Gasteiger partial charge is 0.262 e. The van der Waals surface area contributed by atoms with E-state index in [2.05, 4.69) is 5.32 Å². The number of hydrogen-bond donors (Lipinski definition) is 2. The van der Waals surface area contributed by atoms with Gasteiger partial charge in [-0.25, -0.2) is 0 Å². The zero-order valence-corrected chi connectivity index (χ0v) is 10.9. The van der Waals surface area contributed by atoms with Gasteiger partial charge in [0.05, 0.1) is 12.1 Å². The minimum absolute atomic E-state index is 0.0849. The van der Waals surface area contributed by atoms with E-state index < -0.39 is 5.91 Å². The minimum Gasteiger partial charge on any atom is -0.497 e. The van der Waals surface area contributed by atoms with Crippen LogP contribution in [0, 0.1) is 11.3 Å². The van der Waals surface area contributed by atoms with Crippen molar-refractivity contribution in [1.29, 1.82) is 5.26 Å². The number of hydrogen-bond acceptors (Lipinski definition) is 5. The summed E-state index contributed by atoms with van der Waals surface area (Å²) in [6, 6.07) is 8.91. The molecule has 0 aliphatic carbocycles. The number of nitrogens with two attached hydrogens (primary N) is 1. The van der Waals surface area contributed by atoms with Gasteiger partial charge in [0.15, 0.2) is 0 Å². The molecule has 0 saturated carbocycles. The molecule has 0 atom stereocenters. The number of primary amides is 1. The van der Waals surface area contributed by atoms with E-state index in [0.29, 0.717) is 5.03 Å². The molecule has 0 spiro atoms. The van der Waals surface area contributed by atoms with Crippen LogP contribution < -0.4 is 15.8 Å². The topological polar surface area (TPSA) is 88.1 Å². The second-order valence-electron chi connectivity index (χ2n) is 3.24. The highest BCUT2D eigenvalue weighted by Crippen LogP contribution is 2.22. The van der Waals surface area contributed by atoms with Gasteiger partial charge < -0.3 is 15.8 Å². The molecule has 94 valence electrons. The largest absolute Gasteiger partial charge is 0.497 e. The molecule has 6 heteroatoms. The van der Waals surface area contributed by atoms with E-state index in [1.54, 1.807) is 43.7 Å². The second-order valence-corrected chi connectivity index (χ2v) is 4.05. The van der Waals surface area contributed by atoms with E-state index in [1.165, 1.54) is 11.8 Å². The number of thioether (sulfide) groups is 1. The van der Waals surface area contributed by atoms with Crippen molar-refractivity contribution in [3.8, 4) is 11.8 Å². The van der Waals surface area contributed by atoms with Gasteiger partial charge in [0, 0.05) is 5.69 Å². The summed E-state index contributed by atoms with van der Waals surface area (Å²) in [6.07, 6.45) is 1.76. The fourth-order valence-electron chi connectivity index (χ4n) is 1.24. The first-order valence-electron chi connectivity index (χ1n) is 5.01. The lowest BCUT2D eigenvalue weighted by atomic mass is 10.3. The van der Waals surface area contributed by atoms with Crippen molar-refractivity contribution < 1.29 is 9.53 Å². The van der Waals surface area contributed by atoms with E-state index in [0.717, 1.165) is 11.4 Å². The van der Waals surface area contributed by atoms with Crippen LogP contribution in [0.1, 0.15) is 0 Å². The molecule has 0 bridgehead atoms. The zero-order valence-electron chi connectivity index (χ0n) is 10.1. The number of nitrogens with zero attached hydrogens (tertiary/aromatic N) is 1. The van der Waals surface area contributed by atoms with Crippen LogP contribution in [0.4, 0.5) is 5.69 Å². The monoisotopic (exact) mass is 263 g/mol. The summed E-state index contributed by atoms with van der Waals surface area (Å²) < 4.78 is 5.04. The van der Waals surface area contributed by atoms with Crippen LogP contribution in [-0.2, 0) is 4.79 Å². The molecule has 0 saturated heterocycles. The van der Waals surface area contributed by atoms with Gasteiger partial charge >= 0.3 is 0 Å². The lowest BCUT2D eigenvalue weighted by Crippen LogP contribution is -2.16. The number of carbonyl (C=O) groups excluding carboxylic acids is 1. The number of ether oxygens (including phenoxy) is 1. The molecular weight excluding hydrogens is 250 g/mol. The Hall–Kier alpha value is -2.13. The normalized spacial score (nSPS) is 11.2. The number of amides is 1. The van der Waals surface area contributed by atoms with Gasteiger partial charge in [0.2, 0.25) is 0 Å². The number of nitriles is 1. The van der Waals surface area contributed by atoms with Crippen molar-refractivity contribution in [2.75, 3.05) is 18.7 Å². The summed E-state index contributed by atoms with van der Waals surface area (Å²) >= 11 is 1.25. The molecule has 3 N–H and O–H groups in total. The number of carbonyl (C=O) groups is 1. The number of methoxy groups -OCH3 is 1. The lowest BCUT2D eigenvalue weighted by molar-refractivity contribution is -0.114. The first-order chi connectivity index (χ1) is 8.62. The minimum atomic E-state index is -0.747. The molecule has 0 fully saturated rings. The first kappa shape index (κ1) is 13.9. The van der Waals surface area contributed by atoms with Crippen LogP contribution >= 0.6 is 11.8 Å². The highest BCUT2D eigenvalue weighted by molar-refractivity contribution is 8.02. The maximum absolute atomic E-state index is 11.1. The average Bonchev–Trinajstić information content (AvgIpc) is 2.38. The van der Waals surface area contributed by atoms with Crippen molar-refractivity contribution in [2.24, 2.45) is 5.73 Å². The lowest BCUT2D eigenvalue weighted by Gasteiger charge is -2.10. The number of anilines is 1. The Kier molecular flexibility index (Phi) is 5.08. The summed E-state index contributed by atoms with van der Waals surface area (Å²) in [5, 5.41) is 12.3. The van der Waals surface area contributed by atoms with Crippen LogP contribution in [0.3, 0.4) is 0 Å². The van der Waals surface area contributed by atoms with E-state index >= 15 is 0 Å². The molecule has 18 heavy (non-hydrogen) atoms. The molecule has 0 heterocycles. The Morgan fingerprint density at radius 2 is 2.06 bits per heavy atom. The quantitative estimate of drug-likeness (QED) is 0.623. The predicted octanol–water partition coefficient (Wildman–Crippen LogP) is 1.69. The van der Waals surface area contributed by atoms with Crippen LogP contribution in [0.25, 0.3) is 0 Å². The Balaban J connectivity index is 2.99. The number of benzene rings is 1. The average molecular weight is 263 g/mol. The molecule has 0 radical (unpaired) electrons. The van der Waals surface area contributed by atoms with E-state index in [9.17, 15) is 4.79 Å². The summed E-state index contributed by atoms with van der Waals surface area (Å²) in [6.45, 7) is 0. The van der Waals surface area contributed by atoms with Gasteiger partial charge in [-0.15, -0.1) is 11.8 Å². The number of nitrogens with one attached hydrogen (secondary N) is 1. The fourth-order valence-corrected chi connectivity index (χ4v) is 1.81. The van der Waals surface area contributed by atoms with Crippen molar-refractivity contribution in [3.63, 3.8) is 0 Å². The summed E-state index contributed by atoms with van der Waals surface area (Å²) in [4.78, 5) is 11.1. The Morgan fingerprint density at radius 3 is 2.44 bits per heavy atom. The molecule has 0 aromatic heterocycles. The molecular formula is C12H13N3O2S. The maximum atomic E-state index is 11.1. The van der Waals surface area contributed by atoms with Crippen LogP contribution in [0.5, 0.6) is 5.75 Å². The van der Waals surface area contributed by atoms with Gasteiger partial charge in [0.1, 0.15) is 17.4 Å². The zero-order chi connectivity index (χ0) is 13.5. The third-order valence-corrected chi connectivity index (χ3v) is 2.85. The summed E-state index contributed by atoms with van der Waals surface area (Å²) in [5.74, 6) is -0.0199. The first-order valence-corrected chi connectivity index (χ1v) is 6.24. The molecule has 1 aromatic rings. The van der Waals surface area contributed by atoms with Gasteiger partial charge in [0.25, 0.3) is 5.91 Å². The highest BCUT2D eigenvalue weighted by atomic mass is 32.2. The predicted molar refractivity (Wildman–Crippen MR) is 72.0 cm³/mol. The van der Waals surface area contributed by atoms with Crippen molar-refractivity contribution in [1.82, 2.24) is 0 Å². The van der Waals surface area contributed by atoms with Crippen molar-refractivity contribution >= 4 is 23.4 Å². The molecule has 0 unspecified atom stereocenters. The SMILES string of the molecule is COc1ccc(N/C(SC)=C(\C#N)C(N)=O)cc1.